The molecule has 0 aliphatic heterocycles. The van der Waals surface area contributed by atoms with Crippen molar-refractivity contribution in [1.29, 1.82) is 0 Å². The van der Waals surface area contributed by atoms with E-state index in [2.05, 4.69) is 65.5 Å². The molecule has 256 valence electrons. The summed E-state index contributed by atoms with van der Waals surface area (Å²) in [6.07, 6.45) is 16.3. The number of aliphatic hydroxyl groups is 2. The van der Waals surface area contributed by atoms with Gasteiger partial charge in [-0.2, -0.15) is 0 Å². The molecule has 0 aliphatic carbocycles. The van der Waals surface area contributed by atoms with Gasteiger partial charge in [0.15, 0.2) is 0 Å². The molecular formula is C32H67O6P5. The molecule has 0 amide bonds. The molecule has 11 heteroatoms. The second-order valence-electron chi connectivity index (χ2n) is 11.7. The van der Waals surface area contributed by atoms with Crippen molar-refractivity contribution in [2.45, 2.75) is 131 Å². The number of hydrogen-bond donors (Lipinski definition) is 2. The summed E-state index contributed by atoms with van der Waals surface area (Å²) in [6, 6.07) is 0. The first kappa shape index (κ1) is 50.1. The average Bonchev–Trinajstić information content (AvgIpc) is 2.91. The third-order valence-electron chi connectivity index (χ3n) is 5.66. The number of carbonyl (C=O) groups excluding carboxylic acids is 2. The fourth-order valence-corrected chi connectivity index (χ4v) is 2.91. The Morgan fingerprint density at radius 3 is 1.56 bits per heavy atom. The van der Waals surface area contributed by atoms with E-state index in [1.165, 1.54) is 12.2 Å². The molecule has 0 rings (SSSR count). The van der Waals surface area contributed by atoms with Crippen LogP contribution in [-0.4, -0.2) is 46.6 Å². The average molecular weight is 703 g/mol. The van der Waals surface area contributed by atoms with Crippen LogP contribution in [-0.2, 0) is 19.1 Å². The maximum Gasteiger partial charge on any atom is 0.330 e. The van der Waals surface area contributed by atoms with E-state index in [0.717, 1.165) is 72.2 Å². The molecule has 6 nitrogen and oxygen atoms in total. The molecule has 0 heterocycles. The van der Waals surface area contributed by atoms with Gasteiger partial charge in [0.1, 0.15) is 0 Å². The normalized spacial score (nSPS) is 12.7. The summed E-state index contributed by atoms with van der Waals surface area (Å²) >= 11 is 0. The Balaban J connectivity index is -0.000000260. The van der Waals surface area contributed by atoms with Crippen LogP contribution in [0.4, 0.5) is 0 Å². The first-order valence-corrected chi connectivity index (χ1v) is 23.6. The van der Waals surface area contributed by atoms with Gasteiger partial charge in [-0.15, -0.1) is 33.4 Å². The van der Waals surface area contributed by atoms with Crippen molar-refractivity contribution >= 4 is 53.7 Å². The Bertz CT molecular complexity index is 703. The lowest BCUT2D eigenvalue weighted by Gasteiger charge is -2.17. The summed E-state index contributed by atoms with van der Waals surface area (Å²) in [7, 11) is 9.24. The predicted molar refractivity (Wildman–Crippen MR) is 204 cm³/mol. The molecule has 0 aromatic rings. The molecular weight excluding hydrogens is 635 g/mol. The first-order chi connectivity index (χ1) is 19.9. The van der Waals surface area contributed by atoms with E-state index in [-0.39, 0.29) is 18.9 Å². The van der Waals surface area contributed by atoms with Gasteiger partial charge in [-0.1, -0.05) is 80.1 Å². The number of ether oxygens (including phenoxy) is 2. The van der Waals surface area contributed by atoms with Gasteiger partial charge in [-0.25, -0.2) is 9.59 Å². The second kappa shape index (κ2) is 33.6. The minimum Gasteiger partial charge on any atom is -0.463 e. The highest BCUT2D eigenvalue weighted by Crippen LogP contribution is 2.71. The van der Waals surface area contributed by atoms with Crippen molar-refractivity contribution < 1.29 is 29.3 Å². The van der Waals surface area contributed by atoms with Gasteiger partial charge < -0.3 is 19.7 Å². The zero-order valence-electron chi connectivity index (χ0n) is 28.6. The summed E-state index contributed by atoms with van der Waals surface area (Å²) in [4.78, 5) is 21.7. The number of rotatable bonds is 19. The number of hydrogen-bond acceptors (Lipinski definition) is 6. The summed E-state index contributed by atoms with van der Waals surface area (Å²) in [5.41, 5.74) is -1.09. The third kappa shape index (κ3) is 55.1. The number of esters is 2. The van der Waals surface area contributed by atoms with Gasteiger partial charge >= 0.3 is 11.9 Å². The van der Waals surface area contributed by atoms with Crippen LogP contribution in [0.3, 0.4) is 0 Å². The minimum absolute atomic E-state index is 0.226. The molecule has 0 saturated carbocycles. The maximum absolute atomic E-state index is 11.3. The Morgan fingerprint density at radius 1 is 0.837 bits per heavy atom. The molecule has 0 aliphatic rings. The predicted octanol–water partition coefficient (Wildman–Crippen LogP) is 10.2. The lowest BCUT2D eigenvalue weighted by Crippen LogP contribution is -2.18. The van der Waals surface area contributed by atoms with E-state index < -0.39 is 11.2 Å². The quantitative estimate of drug-likeness (QED) is 0.0458. The lowest BCUT2D eigenvalue weighted by atomic mass is 9.97. The molecule has 2 N–H and O–H groups in total. The summed E-state index contributed by atoms with van der Waals surface area (Å²) < 4.78 is 9.70. The molecule has 6 unspecified atom stereocenters. The zero-order valence-corrected chi connectivity index (χ0v) is 33.9. The molecule has 0 fully saturated rings. The number of allylic oxidation sites excluding steroid dienone is 2. The van der Waals surface area contributed by atoms with E-state index >= 15 is 0 Å². The summed E-state index contributed by atoms with van der Waals surface area (Å²) in [6.45, 7) is 23.9. The fraction of sp³-hybridized carbons (Fsp3) is 0.750. The van der Waals surface area contributed by atoms with Gasteiger partial charge in [0.2, 0.25) is 0 Å². The SMILES string of the molecule is C=CC(=O)OCCCC.C=CC(C)CCCC(C)(C)O.CCCCOC(=O)/C=C/C(C)CCCC(C)(C)O.PPP(P)P. The molecule has 0 radical (unpaired) electrons. The van der Waals surface area contributed by atoms with E-state index in [4.69, 9.17) is 4.74 Å². The number of carbonyl (C=O) groups is 2. The van der Waals surface area contributed by atoms with Crippen LogP contribution in [0.1, 0.15) is 120 Å². The van der Waals surface area contributed by atoms with Crippen LogP contribution in [0.15, 0.2) is 37.5 Å². The fourth-order valence-electron chi connectivity index (χ4n) is 2.91. The largest absolute Gasteiger partial charge is 0.463 e. The maximum atomic E-state index is 11.3. The summed E-state index contributed by atoms with van der Waals surface area (Å²) in [5, 5.41) is 19.0. The molecule has 0 aromatic carbocycles. The topological polar surface area (TPSA) is 93.1 Å². The van der Waals surface area contributed by atoms with Crippen molar-refractivity contribution in [2.24, 2.45) is 11.8 Å². The van der Waals surface area contributed by atoms with E-state index in [9.17, 15) is 19.8 Å². The van der Waals surface area contributed by atoms with E-state index in [1.807, 2.05) is 46.8 Å². The molecule has 0 bridgehead atoms. The minimum atomic E-state index is -0.595. The highest BCUT2D eigenvalue weighted by atomic mass is 32.8. The standard InChI is InChI=1S/C15H28O3.C10H20O.C7H12O2.H7P5/c1-5-6-12-18-14(16)10-9-13(2)8-7-11-15(3,4)17;1-5-9(2)7-6-8-10(3,4)11;1-3-5-6-9-7(8)4-2;1-4-5(2)3/h9-10,13,17H,5-8,11-12H2,1-4H3;5,9,11H,1,6-8H2,2-4H3;4H,2-3,5-6H2,1H3;4H,1-3H2/b10-9+;;;. The number of unbranched alkanes of at least 4 members (excludes halogenated alkanes) is 2. The van der Waals surface area contributed by atoms with Crippen LogP contribution >= 0.6 is 41.7 Å². The van der Waals surface area contributed by atoms with E-state index in [0.29, 0.717) is 25.0 Å². The van der Waals surface area contributed by atoms with Crippen molar-refractivity contribution in [3.63, 3.8) is 0 Å². The van der Waals surface area contributed by atoms with Crippen LogP contribution in [0, 0.1) is 11.8 Å². The second-order valence-corrected chi connectivity index (χ2v) is 25.7. The molecule has 43 heavy (non-hydrogen) atoms. The van der Waals surface area contributed by atoms with Crippen molar-refractivity contribution in [3.8, 4) is 0 Å². The first-order valence-electron chi connectivity index (χ1n) is 15.4. The van der Waals surface area contributed by atoms with Gasteiger partial charge in [0.05, 0.1) is 24.4 Å². The van der Waals surface area contributed by atoms with Crippen LogP contribution < -0.4 is 0 Å². The summed E-state index contributed by atoms with van der Waals surface area (Å²) in [5.74, 6) is 0.338. The Labute approximate surface area is 275 Å². The Morgan fingerprint density at radius 2 is 1.23 bits per heavy atom. The molecule has 0 spiro atoms. The van der Waals surface area contributed by atoms with Gasteiger partial charge in [-0.3, -0.25) is 0 Å². The van der Waals surface area contributed by atoms with Gasteiger partial charge in [-0.05, 0) is 85.0 Å². The van der Waals surface area contributed by atoms with Gasteiger partial charge in [0.25, 0.3) is 0 Å². The Kier molecular flexibility index (Phi) is 39.1. The van der Waals surface area contributed by atoms with Crippen molar-refractivity contribution in [2.75, 3.05) is 13.2 Å². The highest BCUT2D eigenvalue weighted by Gasteiger charge is 2.12. The molecule has 0 saturated heterocycles. The third-order valence-corrected chi connectivity index (χ3v) is 17.6. The highest BCUT2D eigenvalue weighted by molar-refractivity contribution is 8.77. The van der Waals surface area contributed by atoms with Crippen LogP contribution in [0.25, 0.3) is 0 Å². The van der Waals surface area contributed by atoms with Crippen LogP contribution in [0.5, 0.6) is 0 Å². The van der Waals surface area contributed by atoms with Gasteiger partial charge in [0, 0.05) is 12.2 Å². The lowest BCUT2D eigenvalue weighted by molar-refractivity contribution is -0.138. The smallest absolute Gasteiger partial charge is 0.330 e. The zero-order chi connectivity index (χ0) is 34.3. The molecule has 6 atom stereocenters. The Hall–Kier alpha value is 0.230. The van der Waals surface area contributed by atoms with Crippen LogP contribution in [0.2, 0.25) is 0 Å². The van der Waals surface area contributed by atoms with Crippen molar-refractivity contribution in [1.82, 2.24) is 0 Å². The monoisotopic (exact) mass is 702 g/mol. The van der Waals surface area contributed by atoms with E-state index in [1.54, 1.807) is 0 Å². The van der Waals surface area contributed by atoms with Crippen molar-refractivity contribution in [3.05, 3.63) is 37.5 Å². The molecule has 0 aromatic heterocycles.